The molecule has 0 spiro atoms. The molecule has 0 saturated carbocycles. The van der Waals surface area contributed by atoms with Crippen molar-refractivity contribution in [2.24, 2.45) is 0 Å². The van der Waals surface area contributed by atoms with Crippen LogP contribution >= 0.6 is 0 Å². The van der Waals surface area contributed by atoms with E-state index in [1.807, 2.05) is 0 Å². The Morgan fingerprint density at radius 2 is 1.78 bits per heavy atom. The van der Waals surface area contributed by atoms with Gasteiger partial charge in [0, 0.05) is 13.1 Å². The van der Waals surface area contributed by atoms with E-state index in [0.717, 1.165) is 6.07 Å². The summed E-state index contributed by atoms with van der Waals surface area (Å²) in [5, 5.41) is 0. The van der Waals surface area contributed by atoms with Crippen LogP contribution in [0.4, 0.5) is 4.39 Å². The molecule has 1 aromatic rings. The lowest BCUT2D eigenvalue weighted by Gasteiger charge is -2.34. The van der Waals surface area contributed by atoms with Crippen molar-refractivity contribution < 1.29 is 17.5 Å². The van der Waals surface area contributed by atoms with Crippen LogP contribution < -0.4 is 0 Å². The maximum atomic E-state index is 13.6. The van der Waals surface area contributed by atoms with E-state index in [1.54, 1.807) is 13.8 Å². The van der Waals surface area contributed by atoms with E-state index >= 15 is 0 Å². The van der Waals surface area contributed by atoms with Crippen LogP contribution in [0.15, 0.2) is 29.2 Å². The van der Waals surface area contributed by atoms with Gasteiger partial charge in [-0.3, -0.25) is 0 Å². The fourth-order valence-electron chi connectivity index (χ4n) is 2.12. The fourth-order valence-corrected chi connectivity index (χ4v) is 3.78. The van der Waals surface area contributed by atoms with Gasteiger partial charge in [0.2, 0.25) is 10.0 Å². The first-order valence-corrected chi connectivity index (χ1v) is 7.25. The van der Waals surface area contributed by atoms with Crippen molar-refractivity contribution in [3.05, 3.63) is 30.1 Å². The summed E-state index contributed by atoms with van der Waals surface area (Å²) < 4.78 is 45.0. The van der Waals surface area contributed by atoms with E-state index in [9.17, 15) is 12.8 Å². The standard InChI is InChI=1S/C12H16FNO3S/c1-9-7-14(8-10(2)17-9)18(15,16)12-6-4-3-5-11(12)13/h3-6,9-10H,7-8H2,1-2H3/t9-,10-/m0/s1. The molecule has 0 radical (unpaired) electrons. The first-order valence-electron chi connectivity index (χ1n) is 5.81. The largest absolute Gasteiger partial charge is 0.373 e. The number of ether oxygens (including phenoxy) is 1. The number of halogens is 1. The molecule has 0 unspecified atom stereocenters. The molecule has 1 aromatic carbocycles. The van der Waals surface area contributed by atoms with Crippen molar-refractivity contribution >= 4 is 10.0 Å². The molecule has 0 N–H and O–H groups in total. The van der Waals surface area contributed by atoms with Crippen LogP contribution in [0.3, 0.4) is 0 Å². The van der Waals surface area contributed by atoms with Gasteiger partial charge in [-0.05, 0) is 26.0 Å². The van der Waals surface area contributed by atoms with Gasteiger partial charge in [0.15, 0.2) is 0 Å². The summed E-state index contributed by atoms with van der Waals surface area (Å²) in [5.74, 6) is -0.718. The molecule has 0 amide bonds. The highest BCUT2D eigenvalue weighted by atomic mass is 32.2. The number of benzene rings is 1. The smallest absolute Gasteiger partial charge is 0.246 e. The van der Waals surface area contributed by atoms with Crippen LogP contribution in [0.5, 0.6) is 0 Å². The van der Waals surface area contributed by atoms with Crippen molar-refractivity contribution in [1.29, 1.82) is 0 Å². The van der Waals surface area contributed by atoms with Gasteiger partial charge in [-0.1, -0.05) is 12.1 Å². The highest BCUT2D eigenvalue weighted by Gasteiger charge is 2.33. The first-order chi connectivity index (χ1) is 8.41. The van der Waals surface area contributed by atoms with E-state index in [2.05, 4.69) is 0 Å². The van der Waals surface area contributed by atoms with Gasteiger partial charge in [-0.15, -0.1) is 0 Å². The fraction of sp³-hybridized carbons (Fsp3) is 0.500. The van der Waals surface area contributed by atoms with Crippen LogP contribution in [-0.2, 0) is 14.8 Å². The van der Waals surface area contributed by atoms with E-state index < -0.39 is 15.8 Å². The molecule has 0 bridgehead atoms. The molecule has 0 aromatic heterocycles. The molecule has 2 atom stereocenters. The molecular formula is C12H16FNO3S. The molecule has 100 valence electrons. The SMILES string of the molecule is C[C@H]1CN(S(=O)(=O)c2ccccc2F)C[C@H](C)O1. The second-order valence-corrected chi connectivity index (χ2v) is 6.42. The zero-order valence-electron chi connectivity index (χ0n) is 10.3. The van der Waals surface area contributed by atoms with Crippen molar-refractivity contribution in [2.75, 3.05) is 13.1 Å². The second kappa shape index (κ2) is 4.95. The zero-order valence-corrected chi connectivity index (χ0v) is 11.2. The molecule has 1 aliphatic heterocycles. The van der Waals surface area contributed by atoms with E-state index in [-0.39, 0.29) is 30.2 Å². The van der Waals surface area contributed by atoms with Gasteiger partial charge < -0.3 is 4.74 Å². The average molecular weight is 273 g/mol. The van der Waals surface area contributed by atoms with E-state index in [4.69, 9.17) is 4.74 Å². The molecule has 18 heavy (non-hydrogen) atoms. The van der Waals surface area contributed by atoms with Gasteiger partial charge in [0.25, 0.3) is 0 Å². The highest BCUT2D eigenvalue weighted by Crippen LogP contribution is 2.22. The quantitative estimate of drug-likeness (QED) is 0.822. The lowest BCUT2D eigenvalue weighted by Crippen LogP contribution is -2.48. The topological polar surface area (TPSA) is 46.6 Å². The molecular weight excluding hydrogens is 257 g/mol. The van der Waals surface area contributed by atoms with Crippen molar-refractivity contribution in [3.63, 3.8) is 0 Å². The molecule has 0 aliphatic carbocycles. The minimum absolute atomic E-state index is 0.185. The Bertz CT molecular complexity index is 522. The molecule has 6 heteroatoms. The summed E-state index contributed by atoms with van der Waals surface area (Å²) in [7, 11) is -3.78. The van der Waals surface area contributed by atoms with Crippen molar-refractivity contribution in [1.82, 2.24) is 4.31 Å². The number of hydrogen-bond acceptors (Lipinski definition) is 3. The Kier molecular flexibility index (Phi) is 3.70. The minimum Gasteiger partial charge on any atom is -0.373 e. The lowest BCUT2D eigenvalue weighted by molar-refractivity contribution is -0.0441. The third-order valence-corrected chi connectivity index (χ3v) is 4.71. The number of sulfonamides is 1. The van der Waals surface area contributed by atoms with Gasteiger partial charge >= 0.3 is 0 Å². The van der Waals surface area contributed by atoms with Crippen LogP contribution in [0, 0.1) is 5.82 Å². The normalized spacial score (nSPS) is 26.2. The van der Waals surface area contributed by atoms with Gasteiger partial charge in [0.1, 0.15) is 10.7 Å². The van der Waals surface area contributed by atoms with Gasteiger partial charge in [-0.2, -0.15) is 4.31 Å². The van der Waals surface area contributed by atoms with Crippen molar-refractivity contribution in [3.8, 4) is 0 Å². The summed E-state index contributed by atoms with van der Waals surface area (Å²) in [5.41, 5.74) is 0. The highest BCUT2D eigenvalue weighted by molar-refractivity contribution is 7.89. The molecule has 1 heterocycles. The third kappa shape index (κ3) is 2.55. The molecule has 2 rings (SSSR count). The number of rotatable bonds is 2. The molecule has 1 aliphatic rings. The van der Waals surface area contributed by atoms with Crippen LogP contribution in [0.1, 0.15) is 13.8 Å². The van der Waals surface area contributed by atoms with Crippen LogP contribution in [0.25, 0.3) is 0 Å². The van der Waals surface area contributed by atoms with E-state index in [1.165, 1.54) is 22.5 Å². The Labute approximate surface area is 106 Å². The predicted octanol–water partition coefficient (Wildman–Crippen LogP) is 1.62. The van der Waals surface area contributed by atoms with Crippen LogP contribution in [0.2, 0.25) is 0 Å². The maximum Gasteiger partial charge on any atom is 0.246 e. The van der Waals surface area contributed by atoms with Crippen LogP contribution in [-0.4, -0.2) is 38.0 Å². The van der Waals surface area contributed by atoms with E-state index in [0.29, 0.717) is 0 Å². The Morgan fingerprint density at radius 3 is 2.33 bits per heavy atom. The first kappa shape index (κ1) is 13.5. The van der Waals surface area contributed by atoms with Gasteiger partial charge in [0.05, 0.1) is 12.2 Å². The van der Waals surface area contributed by atoms with Gasteiger partial charge in [-0.25, -0.2) is 12.8 Å². The predicted molar refractivity (Wildman–Crippen MR) is 65.2 cm³/mol. The molecule has 1 fully saturated rings. The zero-order chi connectivity index (χ0) is 13.3. The summed E-state index contributed by atoms with van der Waals surface area (Å²) in [6.45, 7) is 4.11. The summed E-state index contributed by atoms with van der Waals surface area (Å²) >= 11 is 0. The molecule has 4 nitrogen and oxygen atoms in total. The van der Waals surface area contributed by atoms with Crippen molar-refractivity contribution in [2.45, 2.75) is 31.0 Å². The summed E-state index contributed by atoms with van der Waals surface area (Å²) in [6.07, 6.45) is -0.370. The Morgan fingerprint density at radius 1 is 1.22 bits per heavy atom. The average Bonchev–Trinajstić information content (AvgIpc) is 2.28. The third-order valence-electron chi connectivity index (χ3n) is 2.84. The second-order valence-electron chi connectivity index (χ2n) is 4.51. The summed E-state index contributed by atoms with van der Waals surface area (Å²) in [4.78, 5) is -0.272. The Balaban J connectivity index is 2.34. The number of nitrogens with zero attached hydrogens (tertiary/aromatic N) is 1. The number of hydrogen-bond donors (Lipinski definition) is 0. The monoisotopic (exact) mass is 273 g/mol. The lowest BCUT2D eigenvalue weighted by atomic mass is 10.3. The summed E-state index contributed by atoms with van der Waals surface area (Å²) in [6, 6.07) is 5.43. The minimum atomic E-state index is -3.78. The number of morpholine rings is 1. The molecule has 1 saturated heterocycles. The Hall–Kier alpha value is -0.980. The maximum absolute atomic E-state index is 13.6.